The Morgan fingerprint density at radius 1 is 0.386 bits per heavy atom. The lowest BCUT2D eigenvalue weighted by atomic mass is 10.0. The first kappa shape index (κ1) is 24.5. The first-order valence-corrected chi connectivity index (χ1v) is 14.6. The Hall–Kier alpha value is -6.07. The Bertz CT molecular complexity index is 2440. The van der Waals surface area contributed by atoms with Crippen molar-refractivity contribution in [1.82, 2.24) is 19.5 Å². The van der Waals surface area contributed by atoms with Gasteiger partial charge in [-0.05, 0) is 47.5 Å². The number of fused-ring (bicyclic) bond motifs is 6. The molecule has 0 bridgehead atoms. The van der Waals surface area contributed by atoms with Gasteiger partial charge in [0.05, 0.1) is 11.0 Å². The topological polar surface area (TPSA) is 56.7 Å². The fourth-order valence-corrected chi connectivity index (χ4v) is 6.17. The molecule has 6 aromatic carbocycles. The first-order valence-electron chi connectivity index (χ1n) is 14.6. The highest BCUT2D eigenvalue weighted by atomic mass is 16.3. The summed E-state index contributed by atoms with van der Waals surface area (Å²) in [5.41, 5.74) is 7.97. The predicted molar refractivity (Wildman–Crippen MR) is 178 cm³/mol. The molecule has 3 heterocycles. The molecule has 0 unspecified atom stereocenters. The molecule has 5 nitrogen and oxygen atoms in total. The highest BCUT2D eigenvalue weighted by Crippen LogP contribution is 2.37. The molecule has 9 aromatic rings. The van der Waals surface area contributed by atoms with Crippen molar-refractivity contribution >= 4 is 43.7 Å². The van der Waals surface area contributed by atoms with Crippen LogP contribution in [0, 0.1) is 0 Å². The molecule has 0 saturated carbocycles. The van der Waals surface area contributed by atoms with Crippen LogP contribution in [-0.4, -0.2) is 19.5 Å². The van der Waals surface area contributed by atoms with Crippen molar-refractivity contribution in [3.05, 3.63) is 146 Å². The van der Waals surface area contributed by atoms with Gasteiger partial charge in [-0.1, -0.05) is 109 Å². The molecule has 0 aliphatic carbocycles. The molecule has 0 aliphatic heterocycles. The summed E-state index contributed by atoms with van der Waals surface area (Å²) in [6.07, 6.45) is 0. The number of benzene rings is 6. The van der Waals surface area contributed by atoms with Crippen LogP contribution in [0.3, 0.4) is 0 Å². The van der Waals surface area contributed by atoms with Crippen molar-refractivity contribution in [3.63, 3.8) is 0 Å². The molecular formula is C39H24N4O. The standard InChI is InChI=1S/C39H24N4O/c1-3-11-25(12-4-1)37-40-38(26-13-5-2-6-14-26)42-39(41-37)43-33-17-9-7-15-29(33)32-23-27(20-22-34(32)43)28-19-21-31-30-16-8-10-18-35(30)44-36(31)24-28/h1-24H. The SMILES string of the molecule is c1ccc(-c2nc(-c3ccccc3)nc(-n3c4ccccc4c4cc(-c5ccc6c(c5)oc5ccccc56)ccc43)n2)cc1. The number of furan rings is 1. The Labute approximate surface area is 252 Å². The van der Waals surface area contributed by atoms with Crippen LogP contribution < -0.4 is 0 Å². The van der Waals surface area contributed by atoms with Gasteiger partial charge in [-0.25, -0.2) is 4.98 Å². The zero-order valence-corrected chi connectivity index (χ0v) is 23.6. The molecule has 0 radical (unpaired) electrons. The minimum absolute atomic E-state index is 0.584. The molecule has 0 saturated heterocycles. The van der Waals surface area contributed by atoms with Crippen LogP contribution in [0.15, 0.2) is 150 Å². The van der Waals surface area contributed by atoms with Crippen LogP contribution in [0.2, 0.25) is 0 Å². The Balaban J connectivity index is 1.26. The smallest absolute Gasteiger partial charge is 0.238 e. The Morgan fingerprint density at radius 3 is 1.70 bits per heavy atom. The molecule has 0 amide bonds. The third kappa shape index (κ3) is 3.91. The lowest BCUT2D eigenvalue weighted by Crippen LogP contribution is -2.06. The molecule has 44 heavy (non-hydrogen) atoms. The monoisotopic (exact) mass is 564 g/mol. The molecule has 3 aromatic heterocycles. The number of hydrogen-bond acceptors (Lipinski definition) is 4. The van der Waals surface area contributed by atoms with Crippen LogP contribution in [0.5, 0.6) is 0 Å². The fraction of sp³-hybridized carbons (Fsp3) is 0. The Morgan fingerprint density at radius 2 is 0.955 bits per heavy atom. The van der Waals surface area contributed by atoms with Crippen LogP contribution in [0.4, 0.5) is 0 Å². The van der Waals surface area contributed by atoms with E-state index in [0.717, 1.165) is 66.0 Å². The molecule has 0 N–H and O–H groups in total. The molecule has 9 rings (SSSR count). The highest BCUT2D eigenvalue weighted by molar-refractivity contribution is 6.11. The van der Waals surface area contributed by atoms with Crippen molar-refractivity contribution in [3.8, 4) is 39.9 Å². The van der Waals surface area contributed by atoms with Crippen molar-refractivity contribution in [1.29, 1.82) is 0 Å². The lowest BCUT2D eigenvalue weighted by molar-refractivity contribution is 0.669. The third-order valence-electron chi connectivity index (χ3n) is 8.27. The van der Waals surface area contributed by atoms with Gasteiger partial charge < -0.3 is 4.42 Å². The second-order valence-electron chi connectivity index (χ2n) is 10.9. The van der Waals surface area contributed by atoms with Gasteiger partial charge in [0.2, 0.25) is 5.95 Å². The summed E-state index contributed by atoms with van der Waals surface area (Å²) >= 11 is 0. The van der Waals surface area contributed by atoms with Gasteiger partial charge in [-0.2, -0.15) is 9.97 Å². The predicted octanol–water partition coefficient (Wildman–Crippen LogP) is 9.87. The van der Waals surface area contributed by atoms with Crippen LogP contribution in [0.1, 0.15) is 0 Å². The molecule has 206 valence electrons. The molecule has 0 aliphatic rings. The van der Waals surface area contributed by atoms with E-state index in [0.29, 0.717) is 17.6 Å². The molecular weight excluding hydrogens is 540 g/mol. The van der Waals surface area contributed by atoms with Crippen molar-refractivity contribution < 1.29 is 4.42 Å². The lowest BCUT2D eigenvalue weighted by Gasteiger charge is -2.11. The van der Waals surface area contributed by atoms with Gasteiger partial charge in [-0.3, -0.25) is 4.57 Å². The van der Waals surface area contributed by atoms with Crippen molar-refractivity contribution in [2.24, 2.45) is 0 Å². The molecule has 0 spiro atoms. The maximum absolute atomic E-state index is 6.20. The summed E-state index contributed by atoms with van der Waals surface area (Å²) in [7, 11) is 0. The van der Waals surface area contributed by atoms with Crippen LogP contribution >= 0.6 is 0 Å². The van der Waals surface area contributed by atoms with E-state index >= 15 is 0 Å². The second kappa shape index (κ2) is 9.75. The van der Waals surface area contributed by atoms with E-state index in [4.69, 9.17) is 19.4 Å². The summed E-state index contributed by atoms with van der Waals surface area (Å²) in [5.74, 6) is 1.85. The maximum Gasteiger partial charge on any atom is 0.238 e. The number of hydrogen-bond donors (Lipinski definition) is 0. The molecule has 0 fully saturated rings. The minimum atomic E-state index is 0.584. The minimum Gasteiger partial charge on any atom is -0.456 e. The van der Waals surface area contributed by atoms with Gasteiger partial charge in [0, 0.05) is 32.7 Å². The van der Waals surface area contributed by atoms with E-state index in [9.17, 15) is 0 Å². The average molecular weight is 565 g/mol. The largest absolute Gasteiger partial charge is 0.456 e. The zero-order valence-electron chi connectivity index (χ0n) is 23.6. The van der Waals surface area contributed by atoms with Crippen molar-refractivity contribution in [2.45, 2.75) is 0 Å². The fourth-order valence-electron chi connectivity index (χ4n) is 6.17. The molecule has 5 heteroatoms. The number of para-hydroxylation sites is 2. The normalized spacial score (nSPS) is 11.6. The first-order chi connectivity index (χ1) is 21.8. The summed E-state index contributed by atoms with van der Waals surface area (Å²) in [5, 5.41) is 4.53. The van der Waals surface area contributed by atoms with Crippen molar-refractivity contribution in [2.75, 3.05) is 0 Å². The van der Waals surface area contributed by atoms with Crippen LogP contribution in [-0.2, 0) is 0 Å². The maximum atomic E-state index is 6.20. The average Bonchev–Trinajstić information content (AvgIpc) is 3.64. The van der Waals surface area contributed by atoms with Gasteiger partial charge in [0.15, 0.2) is 11.6 Å². The van der Waals surface area contributed by atoms with E-state index in [1.165, 1.54) is 0 Å². The third-order valence-corrected chi connectivity index (χ3v) is 8.27. The zero-order chi connectivity index (χ0) is 29.0. The second-order valence-corrected chi connectivity index (χ2v) is 10.9. The summed E-state index contributed by atoms with van der Waals surface area (Å²) in [6.45, 7) is 0. The summed E-state index contributed by atoms with van der Waals surface area (Å²) < 4.78 is 8.35. The van der Waals surface area contributed by atoms with Gasteiger partial charge in [0.1, 0.15) is 11.2 Å². The number of nitrogens with zero attached hydrogens (tertiary/aromatic N) is 4. The van der Waals surface area contributed by atoms with Crippen LogP contribution in [0.25, 0.3) is 83.6 Å². The highest BCUT2D eigenvalue weighted by Gasteiger charge is 2.18. The van der Waals surface area contributed by atoms with Gasteiger partial charge in [-0.15, -0.1) is 0 Å². The quantitative estimate of drug-likeness (QED) is 0.213. The molecule has 0 atom stereocenters. The van der Waals surface area contributed by atoms with E-state index in [-0.39, 0.29) is 0 Å². The van der Waals surface area contributed by atoms with E-state index in [2.05, 4.69) is 71.3 Å². The van der Waals surface area contributed by atoms with Gasteiger partial charge in [0.25, 0.3) is 0 Å². The van der Waals surface area contributed by atoms with Gasteiger partial charge >= 0.3 is 0 Å². The van der Waals surface area contributed by atoms with E-state index < -0.39 is 0 Å². The number of aromatic nitrogens is 4. The number of rotatable bonds is 4. The van der Waals surface area contributed by atoms with E-state index in [1.807, 2.05) is 78.9 Å². The summed E-state index contributed by atoms with van der Waals surface area (Å²) in [6, 6.07) is 49.8. The Kier molecular flexibility index (Phi) is 5.43. The van der Waals surface area contributed by atoms with E-state index in [1.54, 1.807) is 0 Å². The summed E-state index contributed by atoms with van der Waals surface area (Å²) in [4.78, 5) is 15.0.